The molecule has 0 amide bonds. The van der Waals surface area contributed by atoms with E-state index in [0.717, 1.165) is 13.1 Å². The van der Waals surface area contributed by atoms with E-state index in [1.54, 1.807) is 0 Å². The highest BCUT2D eigenvalue weighted by molar-refractivity contribution is 5.28. The minimum absolute atomic E-state index is 0.0727. The molecule has 2 atom stereocenters. The van der Waals surface area contributed by atoms with Crippen molar-refractivity contribution in [3.05, 3.63) is 29.8 Å². The van der Waals surface area contributed by atoms with Gasteiger partial charge in [-0.25, -0.2) is 0 Å². The molecule has 0 aliphatic carbocycles. The average Bonchev–Trinajstić information content (AvgIpc) is 2.46. The van der Waals surface area contributed by atoms with Gasteiger partial charge < -0.3 is 24.8 Å². The van der Waals surface area contributed by atoms with E-state index in [1.807, 2.05) is 7.05 Å². The molecule has 0 bridgehead atoms. The van der Waals surface area contributed by atoms with E-state index in [1.165, 1.54) is 24.3 Å². The first-order valence-electron chi connectivity index (χ1n) is 7.38. The number of nitrogens with one attached hydrogen (secondary N) is 1. The Morgan fingerprint density at radius 2 is 2.09 bits per heavy atom. The van der Waals surface area contributed by atoms with Crippen molar-refractivity contribution in [1.29, 1.82) is 0 Å². The topological polar surface area (TPSA) is 54.0 Å². The molecule has 1 aromatic rings. The van der Waals surface area contributed by atoms with Crippen LogP contribution >= 0.6 is 0 Å². The predicted octanol–water partition coefficient (Wildman–Crippen LogP) is 1.54. The molecule has 0 aromatic heterocycles. The lowest BCUT2D eigenvalue weighted by molar-refractivity contribution is -0.274. The van der Waals surface area contributed by atoms with E-state index in [2.05, 4.69) is 15.0 Å². The third kappa shape index (κ3) is 6.34. The number of rotatable bonds is 6. The molecule has 130 valence electrons. The van der Waals surface area contributed by atoms with Gasteiger partial charge in [0.2, 0.25) is 0 Å². The van der Waals surface area contributed by atoms with Crippen molar-refractivity contribution >= 4 is 0 Å². The maximum absolute atomic E-state index is 12.1. The Bertz CT molecular complexity index is 482. The summed E-state index contributed by atoms with van der Waals surface area (Å²) >= 11 is 0. The van der Waals surface area contributed by atoms with Crippen LogP contribution in [0.2, 0.25) is 0 Å². The highest BCUT2D eigenvalue weighted by Crippen LogP contribution is 2.24. The first-order valence-corrected chi connectivity index (χ1v) is 7.38. The van der Waals surface area contributed by atoms with Crippen molar-refractivity contribution in [2.75, 3.05) is 39.8 Å². The number of aliphatic hydroxyl groups excluding tert-OH is 1. The van der Waals surface area contributed by atoms with Crippen LogP contribution < -0.4 is 10.1 Å². The average molecular weight is 334 g/mol. The Morgan fingerprint density at radius 1 is 1.39 bits per heavy atom. The van der Waals surface area contributed by atoms with Crippen molar-refractivity contribution in [1.82, 2.24) is 10.2 Å². The molecule has 1 saturated heterocycles. The number of nitrogens with zero attached hydrogens (tertiary/aromatic N) is 1. The molecule has 0 spiro atoms. The lowest BCUT2D eigenvalue weighted by Crippen LogP contribution is -2.45. The van der Waals surface area contributed by atoms with Crippen molar-refractivity contribution in [3.63, 3.8) is 0 Å². The van der Waals surface area contributed by atoms with Crippen molar-refractivity contribution < 1.29 is 27.8 Å². The Balaban J connectivity index is 1.75. The maximum Gasteiger partial charge on any atom is 0.573 e. The van der Waals surface area contributed by atoms with Crippen LogP contribution in [0.25, 0.3) is 0 Å². The van der Waals surface area contributed by atoms with Gasteiger partial charge in [-0.1, -0.05) is 12.1 Å². The third-order valence-electron chi connectivity index (χ3n) is 3.55. The lowest BCUT2D eigenvalue weighted by atomic mass is 10.1. The summed E-state index contributed by atoms with van der Waals surface area (Å²) in [4.78, 5) is 2.17. The summed E-state index contributed by atoms with van der Waals surface area (Å²) < 4.78 is 45.6. The van der Waals surface area contributed by atoms with Gasteiger partial charge in [0, 0.05) is 26.2 Å². The van der Waals surface area contributed by atoms with Crippen LogP contribution in [0.1, 0.15) is 11.7 Å². The van der Waals surface area contributed by atoms with Crippen molar-refractivity contribution in [2.45, 2.75) is 18.6 Å². The Hall–Kier alpha value is -1.35. The molecule has 1 fully saturated rings. The summed E-state index contributed by atoms with van der Waals surface area (Å²) in [6.45, 7) is 3.32. The number of benzene rings is 1. The molecule has 1 heterocycles. The van der Waals surface area contributed by atoms with Gasteiger partial charge in [-0.05, 0) is 24.7 Å². The van der Waals surface area contributed by atoms with E-state index in [0.29, 0.717) is 25.3 Å². The van der Waals surface area contributed by atoms with Crippen LogP contribution in [0.15, 0.2) is 24.3 Å². The van der Waals surface area contributed by atoms with Crippen LogP contribution in [0.3, 0.4) is 0 Å². The number of halogens is 3. The zero-order valence-electron chi connectivity index (χ0n) is 12.8. The minimum atomic E-state index is -4.71. The highest BCUT2D eigenvalue weighted by Gasteiger charge is 2.31. The summed E-state index contributed by atoms with van der Waals surface area (Å²) in [5.41, 5.74) is 0.522. The van der Waals surface area contributed by atoms with E-state index >= 15 is 0 Å². The number of alkyl halides is 3. The van der Waals surface area contributed by atoms with E-state index in [4.69, 9.17) is 4.74 Å². The number of hydrogen-bond acceptors (Lipinski definition) is 5. The lowest BCUT2D eigenvalue weighted by Gasteiger charge is -2.30. The molecule has 5 nitrogen and oxygen atoms in total. The zero-order valence-corrected chi connectivity index (χ0v) is 12.8. The Kier molecular flexibility index (Phi) is 6.23. The second-order valence-electron chi connectivity index (χ2n) is 5.55. The minimum Gasteiger partial charge on any atom is -0.406 e. The molecule has 0 radical (unpaired) electrons. The van der Waals surface area contributed by atoms with Gasteiger partial charge >= 0.3 is 6.36 Å². The molecule has 23 heavy (non-hydrogen) atoms. The molecule has 2 N–H and O–H groups in total. The number of ether oxygens (including phenoxy) is 2. The largest absolute Gasteiger partial charge is 0.573 e. The summed E-state index contributed by atoms with van der Waals surface area (Å²) in [7, 11) is 2.02. The molecule has 1 aromatic carbocycles. The molecular formula is C15H21F3N2O3. The monoisotopic (exact) mass is 334 g/mol. The fraction of sp³-hybridized carbons (Fsp3) is 0.600. The molecule has 1 aliphatic heterocycles. The Morgan fingerprint density at radius 3 is 2.70 bits per heavy atom. The first kappa shape index (κ1) is 18.0. The number of likely N-dealkylation sites (N-methyl/N-ethyl adjacent to an activating group) is 1. The maximum atomic E-state index is 12.1. The van der Waals surface area contributed by atoms with Gasteiger partial charge in [0.15, 0.2) is 0 Å². The van der Waals surface area contributed by atoms with E-state index in [9.17, 15) is 18.3 Å². The van der Waals surface area contributed by atoms with Gasteiger partial charge in [-0.3, -0.25) is 0 Å². The van der Waals surface area contributed by atoms with Crippen molar-refractivity contribution in [3.8, 4) is 5.75 Å². The van der Waals surface area contributed by atoms with Gasteiger partial charge in [0.25, 0.3) is 0 Å². The van der Waals surface area contributed by atoms with Crippen LogP contribution in [0, 0.1) is 0 Å². The third-order valence-corrected chi connectivity index (χ3v) is 3.55. The molecular weight excluding hydrogens is 313 g/mol. The zero-order chi connectivity index (χ0) is 16.9. The molecule has 0 saturated carbocycles. The van der Waals surface area contributed by atoms with Crippen LogP contribution in [0.5, 0.6) is 5.75 Å². The second-order valence-corrected chi connectivity index (χ2v) is 5.55. The van der Waals surface area contributed by atoms with Gasteiger partial charge in [-0.15, -0.1) is 13.2 Å². The normalized spacial score (nSPS) is 21.2. The highest BCUT2D eigenvalue weighted by atomic mass is 19.4. The molecule has 1 aliphatic rings. The second kappa shape index (κ2) is 7.96. The molecule has 2 unspecified atom stereocenters. The molecule has 8 heteroatoms. The summed E-state index contributed by atoms with van der Waals surface area (Å²) in [6.07, 6.45) is -5.45. The summed E-state index contributed by atoms with van der Waals surface area (Å²) in [5.74, 6) is -0.306. The Labute approximate surface area is 133 Å². The van der Waals surface area contributed by atoms with E-state index < -0.39 is 12.5 Å². The van der Waals surface area contributed by atoms with Gasteiger partial charge in [0.05, 0.1) is 18.8 Å². The van der Waals surface area contributed by atoms with Crippen LogP contribution in [0.4, 0.5) is 13.2 Å². The standard InChI is InChI=1S/C15H21F3N2O3/c1-20-6-7-22-13(10-20)8-19-9-14(21)11-2-4-12(5-3-11)23-15(16,17)18/h2-5,13-14,19,21H,6-10H2,1H3. The quantitative estimate of drug-likeness (QED) is 0.827. The van der Waals surface area contributed by atoms with Crippen LogP contribution in [-0.2, 0) is 4.74 Å². The van der Waals surface area contributed by atoms with Gasteiger partial charge in [-0.2, -0.15) is 0 Å². The van der Waals surface area contributed by atoms with Crippen LogP contribution in [-0.4, -0.2) is 62.3 Å². The fourth-order valence-electron chi connectivity index (χ4n) is 2.38. The fourth-order valence-corrected chi connectivity index (χ4v) is 2.38. The summed E-state index contributed by atoms with van der Waals surface area (Å²) in [6, 6.07) is 5.20. The summed E-state index contributed by atoms with van der Waals surface area (Å²) in [5, 5.41) is 13.2. The predicted molar refractivity (Wildman–Crippen MR) is 78.2 cm³/mol. The number of aliphatic hydroxyl groups is 1. The van der Waals surface area contributed by atoms with E-state index in [-0.39, 0.29) is 11.9 Å². The van der Waals surface area contributed by atoms with Gasteiger partial charge in [0.1, 0.15) is 5.75 Å². The number of morpholine rings is 1. The van der Waals surface area contributed by atoms with Crippen molar-refractivity contribution in [2.24, 2.45) is 0 Å². The first-order chi connectivity index (χ1) is 10.8. The molecule has 2 rings (SSSR count). The SMILES string of the molecule is CN1CCOC(CNCC(O)c2ccc(OC(F)(F)F)cc2)C1. The number of hydrogen-bond donors (Lipinski definition) is 2. The smallest absolute Gasteiger partial charge is 0.406 e.